The topological polar surface area (TPSA) is 58.1 Å². The fourth-order valence-corrected chi connectivity index (χ4v) is 2.65. The van der Waals surface area contributed by atoms with E-state index in [1.54, 1.807) is 0 Å². The Labute approximate surface area is 120 Å². The predicted molar refractivity (Wildman–Crippen MR) is 79.8 cm³/mol. The minimum atomic E-state index is 0.153. The molecular formula is C15H24N4O. The summed E-state index contributed by atoms with van der Waals surface area (Å²) in [5.74, 6) is 0.942. The maximum atomic E-state index is 11.7. The third-order valence-corrected chi connectivity index (χ3v) is 3.52. The molecule has 5 heteroatoms. The average molecular weight is 276 g/mol. The van der Waals surface area contributed by atoms with Gasteiger partial charge in [0.05, 0.1) is 0 Å². The summed E-state index contributed by atoms with van der Waals surface area (Å²) in [7, 11) is 0. The Kier molecular flexibility index (Phi) is 4.93. The smallest absolute Gasteiger partial charge is 0.225 e. The van der Waals surface area contributed by atoms with E-state index in [-0.39, 0.29) is 11.9 Å². The van der Waals surface area contributed by atoms with Gasteiger partial charge in [-0.15, -0.1) is 0 Å². The van der Waals surface area contributed by atoms with Crippen molar-refractivity contribution in [3.05, 3.63) is 17.5 Å². The zero-order valence-electron chi connectivity index (χ0n) is 12.6. The number of nitrogens with one attached hydrogen (secondary N) is 1. The van der Waals surface area contributed by atoms with Crippen molar-refractivity contribution in [2.45, 2.75) is 52.5 Å². The number of aryl methyl sites for hydroxylation is 2. The minimum Gasteiger partial charge on any atom is -0.352 e. The van der Waals surface area contributed by atoms with E-state index in [1.165, 1.54) is 0 Å². The van der Waals surface area contributed by atoms with Gasteiger partial charge in [0, 0.05) is 36.9 Å². The first-order chi connectivity index (χ1) is 9.58. The molecule has 1 saturated heterocycles. The molecule has 0 saturated carbocycles. The summed E-state index contributed by atoms with van der Waals surface area (Å²) < 4.78 is 0. The minimum absolute atomic E-state index is 0.153. The van der Waals surface area contributed by atoms with E-state index in [0.717, 1.165) is 49.7 Å². The molecule has 20 heavy (non-hydrogen) atoms. The Bertz CT molecular complexity index is 455. The van der Waals surface area contributed by atoms with Crippen LogP contribution in [0.1, 0.15) is 44.0 Å². The highest BCUT2D eigenvalue weighted by Crippen LogP contribution is 2.17. The van der Waals surface area contributed by atoms with Crippen LogP contribution in [0.2, 0.25) is 0 Å². The van der Waals surface area contributed by atoms with E-state index in [0.29, 0.717) is 6.42 Å². The highest BCUT2D eigenvalue weighted by Gasteiger charge is 2.23. The van der Waals surface area contributed by atoms with Crippen molar-refractivity contribution in [3.63, 3.8) is 0 Å². The van der Waals surface area contributed by atoms with Crippen LogP contribution in [-0.4, -0.2) is 35.0 Å². The van der Waals surface area contributed by atoms with Crippen LogP contribution >= 0.6 is 0 Å². The molecule has 0 aliphatic carbocycles. The second kappa shape index (κ2) is 6.68. The molecule has 0 radical (unpaired) electrons. The number of piperidine rings is 1. The van der Waals surface area contributed by atoms with Gasteiger partial charge in [0.15, 0.2) is 0 Å². The summed E-state index contributed by atoms with van der Waals surface area (Å²) in [5, 5.41) is 3.11. The molecule has 0 spiro atoms. The van der Waals surface area contributed by atoms with Gasteiger partial charge in [-0.05, 0) is 39.2 Å². The molecule has 1 fully saturated rings. The molecule has 110 valence electrons. The number of amides is 1. The standard InChI is InChI=1S/C15H24N4O/c1-4-6-14(20)18-13-7-5-8-19(10-13)15-16-11(2)9-12(3)17-15/h9,13H,4-8,10H2,1-3H3,(H,18,20)/t13-/m1/s1. The van der Waals surface area contributed by atoms with Gasteiger partial charge in [-0.1, -0.05) is 6.92 Å². The SMILES string of the molecule is CCCC(=O)N[C@@H]1CCCN(c2nc(C)cc(C)n2)C1. The van der Waals surface area contributed by atoms with Crippen molar-refractivity contribution in [2.75, 3.05) is 18.0 Å². The maximum Gasteiger partial charge on any atom is 0.225 e. The van der Waals surface area contributed by atoms with Gasteiger partial charge >= 0.3 is 0 Å². The van der Waals surface area contributed by atoms with Crippen LogP contribution in [0.5, 0.6) is 0 Å². The molecule has 2 rings (SSSR count). The van der Waals surface area contributed by atoms with E-state index in [4.69, 9.17) is 0 Å². The number of anilines is 1. The largest absolute Gasteiger partial charge is 0.352 e. The first-order valence-electron chi connectivity index (χ1n) is 7.45. The fourth-order valence-electron chi connectivity index (χ4n) is 2.65. The van der Waals surface area contributed by atoms with E-state index >= 15 is 0 Å². The third-order valence-electron chi connectivity index (χ3n) is 3.52. The lowest BCUT2D eigenvalue weighted by Crippen LogP contribution is -2.48. The van der Waals surface area contributed by atoms with Crippen LogP contribution in [0.15, 0.2) is 6.07 Å². The van der Waals surface area contributed by atoms with Gasteiger partial charge in [0.25, 0.3) is 0 Å². The second-order valence-corrected chi connectivity index (χ2v) is 5.55. The van der Waals surface area contributed by atoms with Gasteiger partial charge in [-0.3, -0.25) is 4.79 Å². The van der Waals surface area contributed by atoms with Gasteiger partial charge in [0.2, 0.25) is 11.9 Å². The lowest BCUT2D eigenvalue weighted by atomic mass is 10.1. The van der Waals surface area contributed by atoms with Crippen molar-refractivity contribution in [2.24, 2.45) is 0 Å². The zero-order valence-corrected chi connectivity index (χ0v) is 12.6. The summed E-state index contributed by atoms with van der Waals surface area (Å²) in [6, 6.07) is 2.20. The van der Waals surface area contributed by atoms with Crippen LogP contribution in [0.25, 0.3) is 0 Å². The summed E-state index contributed by atoms with van der Waals surface area (Å²) in [6.45, 7) is 7.77. The van der Waals surface area contributed by atoms with E-state index < -0.39 is 0 Å². The number of nitrogens with zero attached hydrogens (tertiary/aromatic N) is 3. The monoisotopic (exact) mass is 276 g/mol. The highest BCUT2D eigenvalue weighted by molar-refractivity contribution is 5.76. The molecular weight excluding hydrogens is 252 g/mol. The van der Waals surface area contributed by atoms with Crippen LogP contribution in [0, 0.1) is 13.8 Å². The van der Waals surface area contributed by atoms with Crippen LogP contribution in [-0.2, 0) is 4.79 Å². The highest BCUT2D eigenvalue weighted by atomic mass is 16.1. The molecule has 5 nitrogen and oxygen atoms in total. The van der Waals surface area contributed by atoms with E-state index in [9.17, 15) is 4.79 Å². The lowest BCUT2D eigenvalue weighted by molar-refractivity contribution is -0.121. The third kappa shape index (κ3) is 3.92. The molecule has 1 aliphatic heterocycles. The van der Waals surface area contributed by atoms with Gasteiger partial charge in [-0.2, -0.15) is 0 Å². The summed E-state index contributed by atoms with van der Waals surface area (Å²) in [4.78, 5) is 22.9. The molecule has 1 N–H and O–H groups in total. The summed E-state index contributed by atoms with van der Waals surface area (Å²) >= 11 is 0. The molecule has 0 aromatic carbocycles. The average Bonchev–Trinajstić information content (AvgIpc) is 2.38. The first kappa shape index (κ1) is 14.8. The number of rotatable bonds is 4. The van der Waals surface area contributed by atoms with Gasteiger partial charge in [-0.25, -0.2) is 9.97 Å². The molecule has 2 heterocycles. The Morgan fingerprint density at radius 2 is 2.10 bits per heavy atom. The van der Waals surface area contributed by atoms with E-state index in [2.05, 4.69) is 20.2 Å². The summed E-state index contributed by atoms with van der Waals surface area (Å²) in [5.41, 5.74) is 1.98. The van der Waals surface area contributed by atoms with Crippen LogP contribution < -0.4 is 10.2 Å². The number of aromatic nitrogens is 2. The lowest BCUT2D eigenvalue weighted by Gasteiger charge is -2.33. The quantitative estimate of drug-likeness (QED) is 0.913. The molecule has 1 amide bonds. The van der Waals surface area contributed by atoms with Crippen molar-refractivity contribution < 1.29 is 4.79 Å². The van der Waals surface area contributed by atoms with Gasteiger partial charge < -0.3 is 10.2 Å². The molecule has 0 bridgehead atoms. The second-order valence-electron chi connectivity index (χ2n) is 5.55. The number of carbonyl (C=O) groups excluding carboxylic acids is 1. The molecule has 1 aromatic rings. The van der Waals surface area contributed by atoms with Crippen molar-refractivity contribution >= 4 is 11.9 Å². The predicted octanol–water partition coefficient (Wildman–Crippen LogP) is 1.98. The number of hydrogen-bond acceptors (Lipinski definition) is 4. The van der Waals surface area contributed by atoms with E-state index in [1.807, 2.05) is 26.8 Å². The Morgan fingerprint density at radius 1 is 1.40 bits per heavy atom. The first-order valence-corrected chi connectivity index (χ1v) is 7.45. The van der Waals surface area contributed by atoms with Crippen LogP contribution in [0.3, 0.4) is 0 Å². The summed E-state index contributed by atoms with van der Waals surface area (Å²) in [6.07, 6.45) is 3.60. The van der Waals surface area contributed by atoms with Gasteiger partial charge in [0.1, 0.15) is 0 Å². The Balaban J connectivity index is 2.01. The van der Waals surface area contributed by atoms with Crippen molar-refractivity contribution in [3.8, 4) is 0 Å². The van der Waals surface area contributed by atoms with Crippen molar-refractivity contribution in [1.82, 2.24) is 15.3 Å². The normalized spacial score (nSPS) is 18.9. The number of carbonyl (C=O) groups is 1. The maximum absolute atomic E-state index is 11.7. The Hall–Kier alpha value is -1.65. The van der Waals surface area contributed by atoms with Crippen LogP contribution in [0.4, 0.5) is 5.95 Å². The number of hydrogen-bond donors (Lipinski definition) is 1. The zero-order chi connectivity index (χ0) is 14.5. The Morgan fingerprint density at radius 3 is 2.75 bits per heavy atom. The molecule has 1 aromatic heterocycles. The fraction of sp³-hybridized carbons (Fsp3) is 0.667. The molecule has 0 unspecified atom stereocenters. The molecule has 1 atom stereocenters. The molecule has 1 aliphatic rings. The van der Waals surface area contributed by atoms with Crippen molar-refractivity contribution in [1.29, 1.82) is 0 Å².